The molecule has 0 bridgehead atoms. The van der Waals surface area contributed by atoms with Gasteiger partial charge < -0.3 is 10.4 Å². The molecule has 0 aliphatic rings. The van der Waals surface area contributed by atoms with Crippen molar-refractivity contribution >= 4 is 28.9 Å². The molecule has 0 saturated carbocycles. The molecule has 19 heavy (non-hydrogen) atoms. The predicted octanol–water partition coefficient (Wildman–Crippen LogP) is 4.45. The van der Waals surface area contributed by atoms with Gasteiger partial charge in [0.2, 0.25) is 0 Å². The molecule has 0 saturated heterocycles. The van der Waals surface area contributed by atoms with Crippen LogP contribution in [-0.4, -0.2) is 11.7 Å². The fourth-order valence-corrected chi connectivity index (χ4v) is 2.36. The number of hydrogen-bond donors (Lipinski definition) is 2. The van der Waals surface area contributed by atoms with Gasteiger partial charge in [-0.05, 0) is 42.3 Å². The average molecular weight is 296 g/mol. The van der Waals surface area contributed by atoms with E-state index >= 15 is 0 Å². The fraction of sp³-hybridized carbons (Fsp3) is 0.200. The quantitative estimate of drug-likeness (QED) is 0.873. The molecule has 0 fully saturated rings. The van der Waals surface area contributed by atoms with Gasteiger partial charge in [-0.1, -0.05) is 41.4 Å². The Balaban J connectivity index is 2.30. The number of anilines is 1. The summed E-state index contributed by atoms with van der Waals surface area (Å²) in [6.45, 7) is 1.95. The van der Waals surface area contributed by atoms with Crippen molar-refractivity contribution in [1.29, 1.82) is 0 Å². The summed E-state index contributed by atoms with van der Waals surface area (Å²) in [7, 11) is 0. The van der Waals surface area contributed by atoms with Crippen molar-refractivity contribution in [2.24, 2.45) is 0 Å². The maximum absolute atomic E-state index is 9.58. The lowest BCUT2D eigenvalue weighted by Crippen LogP contribution is -2.16. The Morgan fingerprint density at radius 1 is 1.16 bits per heavy atom. The smallest absolute Gasteiger partial charge is 0.0760 e. The summed E-state index contributed by atoms with van der Waals surface area (Å²) in [5.41, 5.74) is 2.87. The van der Waals surface area contributed by atoms with Gasteiger partial charge in [0.15, 0.2) is 0 Å². The number of nitrogens with one attached hydrogen (secondary N) is 1. The highest BCUT2D eigenvalue weighted by Gasteiger charge is 2.15. The maximum Gasteiger partial charge on any atom is 0.0760 e. The first-order valence-electron chi connectivity index (χ1n) is 6.00. The molecule has 2 nitrogen and oxygen atoms in total. The molecule has 1 unspecified atom stereocenters. The summed E-state index contributed by atoms with van der Waals surface area (Å²) >= 11 is 12.2. The number of rotatable bonds is 4. The van der Waals surface area contributed by atoms with Gasteiger partial charge in [0.1, 0.15) is 0 Å². The molecular formula is C15H15Cl2NO. The minimum atomic E-state index is -0.285. The van der Waals surface area contributed by atoms with Crippen LogP contribution in [-0.2, 0) is 0 Å². The van der Waals surface area contributed by atoms with Crippen LogP contribution >= 0.6 is 23.2 Å². The lowest BCUT2D eigenvalue weighted by Gasteiger charge is -2.20. The fourth-order valence-electron chi connectivity index (χ4n) is 1.93. The second-order valence-corrected chi connectivity index (χ2v) is 5.20. The van der Waals surface area contributed by atoms with Crippen LogP contribution < -0.4 is 5.32 Å². The van der Waals surface area contributed by atoms with Crippen LogP contribution in [0.5, 0.6) is 0 Å². The SMILES string of the molecule is Cc1ccccc1NC(CO)c1cc(Cl)ccc1Cl. The van der Waals surface area contributed by atoms with Gasteiger partial charge >= 0.3 is 0 Å². The van der Waals surface area contributed by atoms with Crippen molar-refractivity contribution in [2.45, 2.75) is 13.0 Å². The molecule has 2 aromatic rings. The van der Waals surface area contributed by atoms with Gasteiger partial charge in [-0.15, -0.1) is 0 Å². The third kappa shape index (κ3) is 3.41. The lowest BCUT2D eigenvalue weighted by atomic mass is 10.1. The lowest BCUT2D eigenvalue weighted by molar-refractivity contribution is 0.276. The first-order valence-corrected chi connectivity index (χ1v) is 6.75. The molecule has 0 amide bonds. The Labute approximate surface area is 123 Å². The number of aliphatic hydroxyl groups is 1. The summed E-state index contributed by atoms with van der Waals surface area (Å²) in [4.78, 5) is 0. The van der Waals surface area contributed by atoms with Crippen molar-refractivity contribution in [3.05, 3.63) is 63.6 Å². The number of halogens is 2. The topological polar surface area (TPSA) is 32.3 Å². The number of aryl methyl sites for hydroxylation is 1. The molecule has 100 valence electrons. The van der Waals surface area contributed by atoms with E-state index in [0.29, 0.717) is 10.0 Å². The van der Waals surface area contributed by atoms with Crippen LogP contribution in [0.4, 0.5) is 5.69 Å². The standard InChI is InChI=1S/C15H15Cl2NO/c1-10-4-2-3-5-14(10)18-15(9-19)12-8-11(16)6-7-13(12)17/h2-8,15,18-19H,9H2,1H3. The largest absolute Gasteiger partial charge is 0.394 e. The monoisotopic (exact) mass is 295 g/mol. The maximum atomic E-state index is 9.58. The van der Waals surface area contributed by atoms with Crippen LogP contribution in [0.1, 0.15) is 17.2 Å². The average Bonchev–Trinajstić information content (AvgIpc) is 2.41. The van der Waals surface area contributed by atoms with E-state index in [-0.39, 0.29) is 12.6 Å². The van der Waals surface area contributed by atoms with E-state index in [9.17, 15) is 5.11 Å². The molecule has 0 spiro atoms. The second kappa shape index (κ2) is 6.29. The number of aliphatic hydroxyl groups excluding tert-OH is 1. The van der Waals surface area contributed by atoms with Crippen LogP contribution in [0.3, 0.4) is 0 Å². The van der Waals surface area contributed by atoms with E-state index in [1.54, 1.807) is 18.2 Å². The summed E-state index contributed by atoms with van der Waals surface area (Å²) < 4.78 is 0. The van der Waals surface area contributed by atoms with E-state index in [0.717, 1.165) is 16.8 Å². The van der Waals surface area contributed by atoms with Crippen molar-refractivity contribution in [1.82, 2.24) is 0 Å². The molecule has 1 atom stereocenters. The molecule has 0 radical (unpaired) electrons. The zero-order chi connectivity index (χ0) is 13.8. The van der Waals surface area contributed by atoms with E-state index in [1.807, 2.05) is 31.2 Å². The van der Waals surface area contributed by atoms with Crippen molar-refractivity contribution in [3.63, 3.8) is 0 Å². The highest BCUT2D eigenvalue weighted by molar-refractivity contribution is 6.33. The molecule has 2 aromatic carbocycles. The number of benzene rings is 2. The van der Waals surface area contributed by atoms with E-state index < -0.39 is 0 Å². The van der Waals surface area contributed by atoms with Gasteiger partial charge in [0.05, 0.1) is 12.6 Å². The van der Waals surface area contributed by atoms with Gasteiger partial charge in [-0.3, -0.25) is 0 Å². The molecule has 0 aromatic heterocycles. The highest BCUT2D eigenvalue weighted by Crippen LogP contribution is 2.29. The van der Waals surface area contributed by atoms with Gasteiger partial charge in [0, 0.05) is 15.7 Å². The van der Waals surface area contributed by atoms with Gasteiger partial charge in [-0.25, -0.2) is 0 Å². The minimum absolute atomic E-state index is 0.0611. The zero-order valence-electron chi connectivity index (χ0n) is 10.5. The second-order valence-electron chi connectivity index (χ2n) is 4.36. The highest BCUT2D eigenvalue weighted by atomic mass is 35.5. The number of para-hydroxylation sites is 1. The first-order chi connectivity index (χ1) is 9.11. The number of hydrogen-bond acceptors (Lipinski definition) is 2. The minimum Gasteiger partial charge on any atom is -0.394 e. The van der Waals surface area contributed by atoms with Crippen molar-refractivity contribution in [2.75, 3.05) is 11.9 Å². The Hall–Kier alpha value is -1.22. The van der Waals surface area contributed by atoms with E-state index in [2.05, 4.69) is 5.32 Å². The third-order valence-corrected chi connectivity index (χ3v) is 3.57. The van der Waals surface area contributed by atoms with Crippen LogP contribution in [0.15, 0.2) is 42.5 Å². The Morgan fingerprint density at radius 3 is 2.58 bits per heavy atom. The molecule has 0 heterocycles. The van der Waals surface area contributed by atoms with Gasteiger partial charge in [-0.2, -0.15) is 0 Å². The molecule has 2 N–H and O–H groups in total. The predicted molar refractivity (Wildman–Crippen MR) is 81.1 cm³/mol. The summed E-state index contributed by atoms with van der Waals surface area (Å²) in [5.74, 6) is 0. The van der Waals surface area contributed by atoms with Crippen LogP contribution in [0.2, 0.25) is 10.0 Å². The molecule has 0 aliphatic heterocycles. The van der Waals surface area contributed by atoms with Crippen LogP contribution in [0, 0.1) is 6.92 Å². The van der Waals surface area contributed by atoms with Gasteiger partial charge in [0.25, 0.3) is 0 Å². The normalized spacial score (nSPS) is 12.2. The third-order valence-electron chi connectivity index (χ3n) is 2.99. The first kappa shape index (κ1) is 14.2. The Kier molecular flexibility index (Phi) is 4.70. The molecule has 0 aliphatic carbocycles. The van der Waals surface area contributed by atoms with E-state index in [1.165, 1.54) is 0 Å². The Bertz CT molecular complexity index is 572. The molecule has 4 heteroatoms. The molecular weight excluding hydrogens is 281 g/mol. The summed E-state index contributed by atoms with van der Waals surface area (Å²) in [6.07, 6.45) is 0. The van der Waals surface area contributed by atoms with E-state index in [4.69, 9.17) is 23.2 Å². The Morgan fingerprint density at radius 2 is 1.89 bits per heavy atom. The summed E-state index contributed by atoms with van der Waals surface area (Å²) in [6, 6.07) is 12.9. The van der Waals surface area contributed by atoms with Crippen LogP contribution in [0.25, 0.3) is 0 Å². The molecule has 2 rings (SSSR count). The van der Waals surface area contributed by atoms with Crippen molar-refractivity contribution in [3.8, 4) is 0 Å². The van der Waals surface area contributed by atoms with Crippen molar-refractivity contribution < 1.29 is 5.11 Å². The zero-order valence-corrected chi connectivity index (χ0v) is 12.0. The summed E-state index contributed by atoms with van der Waals surface area (Å²) in [5, 5.41) is 14.1.